The second-order valence-electron chi connectivity index (χ2n) is 4.91. The number of amides is 1. The molecule has 1 amide bonds. The van der Waals surface area contributed by atoms with E-state index in [1.165, 1.54) is 4.90 Å². The molecule has 5 heteroatoms. The molecule has 1 N–H and O–H groups in total. The van der Waals surface area contributed by atoms with E-state index < -0.39 is 5.97 Å². The fourth-order valence-electron chi connectivity index (χ4n) is 1.81. The molecule has 0 saturated carbocycles. The molecule has 1 rings (SSSR count). The molecule has 0 saturated heterocycles. The smallest absolute Gasteiger partial charge is 0.323 e. The van der Waals surface area contributed by atoms with Gasteiger partial charge in [-0.05, 0) is 47.1 Å². The Morgan fingerprint density at radius 1 is 1.37 bits per heavy atom. The van der Waals surface area contributed by atoms with E-state index in [2.05, 4.69) is 22.6 Å². The summed E-state index contributed by atoms with van der Waals surface area (Å²) < 4.78 is 0.879. The molecule has 0 atom stereocenters. The minimum absolute atomic E-state index is 0.218. The lowest BCUT2D eigenvalue weighted by Gasteiger charge is -2.23. The van der Waals surface area contributed by atoms with Gasteiger partial charge in [0.05, 0.1) is 5.56 Å². The Labute approximate surface area is 126 Å². The monoisotopic (exact) mass is 375 g/mol. The van der Waals surface area contributed by atoms with Crippen LogP contribution in [-0.2, 0) is 4.79 Å². The summed E-state index contributed by atoms with van der Waals surface area (Å²) in [5.74, 6) is -0.980. The molecule has 0 unspecified atom stereocenters. The maximum absolute atomic E-state index is 12.4. The average molecular weight is 375 g/mol. The largest absolute Gasteiger partial charge is 0.480 e. The number of hydrogen-bond donors (Lipinski definition) is 1. The van der Waals surface area contributed by atoms with Crippen molar-refractivity contribution in [2.24, 2.45) is 5.92 Å². The quantitative estimate of drug-likeness (QED) is 0.806. The number of benzene rings is 1. The van der Waals surface area contributed by atoms with Crippen LogP contribution in [0.25, 0.3) is 0 Å². The summed E-state index contributed by atoms with van der Waals surface area (Å²) >= 11 is 2.13. The third-order valence-corrected chi connectivity index (χ3v) is 4.05. The van der Waals surface area contributed by atoms with Gasteiger partial charge in [-0.25, -0.2) is 0 Å². The first-order chi connectivity index (χ1) is 8.82. The Bertz CT molecular complexity index is 486. The van der Waals surface area contributed by atoms with Gasteiger partial charge in [0.25, 0.3) is 5.91 Å². The summed E-state index contributed by atoms with van der Waals surface area (Å²) in [6.07, 6.45) is 0. The molecule has 0 radical (unpaired) electrons. The fourth-order valence-corrected chi connectivity index (χ4v) is 2.40. The van der Waals surface area contributed by atoms with Gasteiger partial charge in [0.2, 0.25) is 0 Å². The van der Waals surface area contributed by atoms with Crippen LogP contribution in [-0.4, -0.2) is 35.0 Å². The first kappa shape index (κ1) is 15.9. The number of rotatable bonds is 5. The van der Waals surface area contributed by atoms with Crippen LogP contribution in [0, 0.1) is 16.4 Å². The minimum Gasteiger partial charge on any atom is -0.480 e. The van der Waals surface area contributed by atoms with Gasteiger partial charge in [0.15, 0.2) is 0 Å². The number of halogens is 1. The third kappa shape index (κ3) is 4.49. The van der Waals surface area contributed by atoms with Gasteiger partial charge in [0, 0.05) is 10.1 Å². The van der Waals surface area contributed by atoms with Crippen molar-refractivity contribution in [2.75, 3.05) is 13.1 Å². The molecule has 0 aliphatic heterocycles. The fraction of sp³-hybridized carbons (Fsp3) is 0.429. The van der Waals surface area contributed by atoms with Crippen molar-refractivity contribution in [3.8, 4) is 0 Å². The number of carbonyl (C=O) groups is 2. The highest BCUT2D eigenvalue weighted by molar-refractivity contribution is 14.1. The Hall–Kier alpha value is -1.11. The molecule has 4 nitrogen and oxygen atoms in total. The number of aliphatic carboxylic acids is 1. The van der Waals surface area contributed by atoms with Crippen LogP contribution >= 0.6 is 22.6 Å². The van der Waals surface area contributed by atoms with E-state index in [9.17, 15) is 9.59 Å². The van der Waals surface area contributed by atoms with Gasteiger partial charge in [-0.1, -0.05) is 26.0 Å². The van der Waals surface area contributed by atoms with E-state index in [1.54, 1.807) is 6.07 Å². The Kier molecular flexibility index (Phi) is 5.78. The SMILES string of the molecule is Cc1cccc(C(=O)N(CC(=O)O)CC(C)C)c1I. The lowest BCUT2D eigenvalue weighted by molar-refractivity contribution is -0.137. The zero-order valence-electron chi connectivity index (χ0n) is 11.3. The molecule has 0 aliphatic carbocycles. The average Bonchev–Trinajstić information content (AvgIpc) is 2.30. The molecule has 104 valence electrons. The normalized spacial score (nSPS) is 10.6. The number of carboxylic acids is 1. The van der Waals surface area contributed by atoms with Crippen molar-refractivity contribution < 1.29 is 14.7 Å². The van der Waals surface area contributed by atoms with E-state index in [-0.39, 0.29) is 18.4 Å². The molecule has 0 fully saturated rings. The van der Waals surface area contributed by atoms with Gasteiger partial charge in [-0.15, -0.1) is 0 Å². The lowest BCUT2D eigenvalue weighted by Crippen LogP contribution is -2.38. The number of nitrogens with zero attached hydrogens (tertiary/aromatic N) is 1. The van der Waals surface area contributed by atoms with Crippen LogP contribution in [0.1, 0.15) is 29.8 Å². The van der Waals surface area contributed by atoms with E-state index in [1.807, 2.05) is 32.9 Å². The third-order valence-electron chi connectivity index (χ3n) is 2.62. The Morgan fingerprint density at radius 3 is 2.53 bits per heavy atom. The second kappa shape index (κ2) is 6.88. The molecule has 19 heavy (non-hydrogen) atoms. The maximum Gasteiger partial charge on any atom is 0.323 e. The first-order valence-corrected chi connectivity index (χ1v) is 7.17. The van der Waals surface area contributed by atoms with Gasteiger partial charge in [0.1, 0.15) is 6.54 Å². The van der Waals surface area contributed by atoms with Gasteiger partial charge in [-0.3, -0.25) is 9.59 Å². The highest BCUT2D eigenvalue weighted by Crippen LogP contribution is 2.19. The summed E-state index contributed by atoms with van der Waals surface area (Å²) in [6, 6.07) is 5.49. The summed E-state index contributed by atoms with van der Waals surface area (Å²) in [5, 5.41) is 8.92. The minimum atomic E-state index is -0.989. The number of carboxylic acid groups (broad SMARTS) is 1. The Morgan fingerprint density at radius 2 is 2.00 bits per heavy atom. The molecule has 0 aliphatic rings. The molecular formula is C14H18INO3. The highest BCUT2D eigenvalue weighted by Gasteiger charge is 2.21. The second-order valence-corrected chi connectivity index (χ2v) is 5.99. The summed E-state index contributed by atoms with van der Waals surface area (Å²) in [7, 11) is 0. The van der Waals surface area contributed by atoms with E-state index >= 15 is 0 Å². The van der Waals surface area contributed by atoms with Crippen LogP contribution in [0.15, 0.2) is 18.2 Å². The van der Waals surface area contributed by atoms with Crippen molar-refractivity contribution >= 4 is 34.5 Å². The predicted octanol–water partition coefficient (Wildman–Crippen LogP) is 2.78. The zero-order chi connectivity index (χ0) is 14.6. The Balaban J connectivity index is 3.04. The molecular weight excluding hydrogens is 357 g/mol. The van der Waals surface area contributed by atoms with Crippen LogP contribution in [0.5, 0.6) is 0 Å². The van der Waals surface area contributed by atoms with E-state index in [0.717, 1.165) is 9.13 Å². The topological polar surface area (TPSA) is 57.6 Å². The highest BCUT2D eigenvalue weighted by atomic mass is 127. The van der Waals surface area contributed by atoms with Crippen LogP contribution < -0.4 is 0 Å². The van der Waals surface area contributed by atoms with Gasteiger partial charge < -0.3 is 10.0 Å². The number of hydrogen-bond acceptors (Lipinski definition) is 2. The predicted molar refractivity (Wildman–Crippen MR) is 82.3 cm³/mol. The molecule has 0 spiro atoms. The zero-order valence-corrected chi connectivity index (χ0v) is 13.5. The van der Waals surface area contributed by atoms with E-state index in [0.29, 0.717) is 12.1 Å². The van der Waals surface area contributed by atoms with Crippen LogP contribution in [0.4, 0.5) is 0 Å². The van der Waals surface area contributed by atoms with Crippen LogP contribution in [0.3, 0.4) is 0 Å². The van der Waals surface area contributed by atoms with E-state index in [4.69, 9.17) is 5.11 Å². The first-order valence-electron chi connectivity index (χ1n) is 6.09. The van der Waals surface area contributed by atoms with Gasteiger partial charge in [-0.2, -0.15) is 0 Å². The molecule has 0 bridgehead atoms. The van der Waals surface area contributed by atoms with Crippen molar-refractivity contribution in [2.45, 2.75) is 20.8 Å². The summed E-state index contributed by atoms with van der Waals surface area (Å²) in [5.41, 5.74) is 1.59. The summed E-state index contributed by atoms with van der Waals surface area (Å²) in [6.45, 7) is 6.03. The van der Waals surface area contributed by atoms with Crippen molar-refractivity contribution in [1.29, 1.82) is 0 Å². The molecule has 0 heterocycles. The van der Waals surface area contributed by atoms with Crippen molar-refractivity contribution in [3.05, 3.63) is 32.9 Å². The standard InChI is InChI=1S/C14H18INO3/c1-9(2)7-16(8-12(17)18)14(19)11-6-4-5-10(3)13(11)15/h4-6,9H,7-8H2,1-3H3,(H,17,18). The van der Waals surface area contributed by atoms with Gasteiger partial charge >= 0.3 is 5.97 Å². The lowest BCUT2D eigenvalue weighted by atomic mass is 10.1. The maximum atomic E-state index is 12.4. The van der Waals surface area contributed by atoms with Crippen molar-refractivity contribution in [3.63, 3.8) is 0 Å². The van der Waals surface area contributed by atoms with Crippen molar-refractivity contribution in [1.82, 2.24) is 4.90 Å². The molecule has 1 aromatic carbocycles. The number of carbonyl (C=O) groups excluding carboxylic acids is 1. The molecule has 1 aromatic rings. The molecule has 0 aromatic heterocycles. The van der Waals surface area contributed by atoms with Crippen LogP contribution in [0.2, 0.25) is 0 Å². The summed E-state index contributed by atoms with van der Waals surface area (Å²) in [4.78, 5) is 24.7. The number of aryl methyl sites for hydroxylation is 1.